The van der Waals surface area contributed by atoms with Crippen molar-refractivity contribution < 1.29 is 19.4 Å². The van der Waals surface area contributed by atoms with E-state index in [0.717, 1.165) is 19.3 Å². The maximum Gasteiger partial charge on any atom is 0.338 e. The Bertz CT molecular complexity index is 812. The van der Waals surface area contributed by atoms with Gasteiger partial charge >= 0.3 is 5.97 Å². The fourth-order valence-corrected chi connectivity index (χ4v) is 3.06. The minimum atomic E-state index is -0.984. The van der Waals surface area contributed by atoms with Crippen molar-refractivity contribution >= 4 is 11.9 Å². The molecule has 3 heterocycles. The second-order valence-electron chi connectivity index (χ2n) is 6.76. The Balaban J connectivity index is 1.61. The lowest BCUT2D eigenvalue weighted by atomic mass is 10.0. The van der Waals surface area contributed by atoms with Crippen LogP contribution in [0.3, 0.4) is 0 Å². The van der Waals surface area contributed by atoms with Crippen LogP contribution in [0.25, 0.3) is 0 Å². The van der Waals surface area contributed by atoms with Crippen molar-refractivity contribution in [2.75, 3.05) is 13.1 Å². The van der Waals surface area contributed by atoms with Gasteiger partial charge in [0.05, 0.1) is 23.9 Å². The van der Waals surface area contributed by atoms with E-state index in [0.29, 0.717) is 24.5 Å². The topological polar surface area (TPSA) is 97.5 Å². The van der Waals surface area contributed by atoms with E-state index in [-0.39, 0.29) is 23.6 Å². The number of carboxylic acid groups (broad SMARTS) is 1. The highest BCUT2D eigenvalue weighted by atomic mass is 16.5. The van der Waals surface area contributed by atoms with Gasteiger partial charge in [-0.25, -0.2) is 9.78 Å². The number of piperidine rings is 1. The summed E-state index contributed by atoms with van der Waals surface area (Å²) >= 11 is 0. The summed E-state index contributed by atoms with van der Waals surface area (Å²) in [5, 5.41) is 13.2. The van der Waals surface area contributed by atoms with Gasteiger partial charge in [-0.3, -0.25) is 9.48 Å². The van der Waals surface area contributed by atoms with Crippen molar-refractivity contribution in [3.05, 3.63) is 41.9 Å². The van der Waals surface area contributed by atoms with Crippen LogP contribution in [-0.4, -0.2) is 55.8 Å². The molecule has 0 radical (unpaired) electrons. The first-order chi connectivity index (χ1) is 13.0. The van der Waals surface area contributed by atoms with Crippen LogP contribution >= 0.6 is 0 Å². The number of hydrogen-bond donors (Lipinski definition) is 1. The molecule has 1 aliphatic heterocycles. The minimum absolute atomic E-state index is 0.0448. The third-order valence-electron chi connectivity index (χ3n) is 4.85. The summed E-state index contributed by atoms with van der Waals surface area (Å²) < 4.78 is 7.39. The molecule has 1 aliphatic rings. The van der Waals surface area contributed by atoms with Crippen LogP contribution in [0.15, 0.2) is 30.7 Å². The predicted molar refractivity (Wildman–Crippen MR) is 98.0 cm³/mol. The Morgan fingerprint density at radius 3 is 2.70 bits per heavy atom. The van der Waals surface area contributed by atoms with E-state index in [1.807, 2.05) is 13.8 Å². The molecule has 0 saturated carbocycles. The highest BCUT2D eigenvalue weighted by molar-refractivity contribution is 5.94. The number of aromatic carboxylic acids is 1. The Morgan fingerprint density at radius 1 is 1.33 bits per heavy atom. The van der Waals surface area contributed by atoms with Crippen molar-refractivity contribution in [1.29, 1.82) is 0 Å². The molecule has 1 saturated heterocycles. The highest BCUT2D eigenvalue weighted by Gasteiger charge is 2.26. The standard InChI is InChI=1S/C19H24N4O4/c1-3-13(2)27-17-10-14(4-7-20-17)18(24)22-8-5-16(6-9-22)23-12-15(11-21-23)19(25)26/h4,7,10-13,16H,3,5-6,8-9H2,1-2H3,(H,25,26). The lowest BCUT2D eigenvalue weighted by molar-refractivity contribution is 0.0687. The molecule has 8 nitrogen and oxygen atoms in total. The zero-order chi connectivity index (χ0) is 19.4. The van der Waals surface area contributed by atoms with Crippen molar-refractivity contribution in [2.24, 2.45) is 0 Å². The Hall–Kier alpha value is -2.90. The monoisotopic (exact) mass is 372 g/mol. The molecule has 3 rings (SSSR count). The van der Waals surface area contributed by atoms with Gasteiger partial charge in [-0.2, -0.15) is 5.10 Å². The molecule has 27 heavy (non-hydrogen) atoms. The minimum Gasteiger partial charge on any atom is -0.478 e. The summed E-state index contributed by atoms with van der Waals surface area (Å²) in [6.07, 6.45) is 6.87. The van der Waals surface area contributed by atoms with Crippen LogP contribution in [0.4, 0.5) is 0 Å². The van der Waals surface area contributed by atoms with Crippen LogP contribution < -0.4 is 4.74 Å². The number of hydrogen-bond acceptors (Lipinski definition) is 5. The van der Waals surface area contributed by atoms with Crippen molar-refractivity contribution in [2.45, 2.75) is 45.3 Å². The molecule has 1 unspecified atom stereocenters. The molecular formula is C19H24N4O4. The van der Waals surface area contributed by atoms with Gasteiger partial charge in [-0.15, -0.1) is 0 Å². The molecule has 2 aromatic heterocycles. The normalized spacial score (nSPS) is 16.1. The van der Waals surface area contributed by atoms with Gasteiger partial charge in [-0.1, -0.05) is 6.92 Å². The highest BCUT2D eigenvalue weighted by Crippen LogP contribution is 2.24. The van der Waals surface area contributed by atoms with Crippen molar-refractivity contribution in [3.63, 3.8) is 0 Å². The molecule has 1 atom stereocenters. The molecular weight excluding hydrogens is 348 g/mol. The van der Waals surface area contributed by atoms with E-state index < -0.39 is 5.97 Å². The van der Waals surface area contributed by atoms with Gasteiger partial charge < -0.3 is 14.7 Å². The van der Waals surface area contributed by atoms with Crippen molar-refractivity contribution in [3.8, 4) is 5.88 Å². The Labute approximate surface area is 157 Å². The van der Waals surface area contributed by atoms with Crippen molar-refractivity contribution in [1.82, 2.24) is 19.7 Å². The predicted octanol–water partition coefficient (Wildman–Crippen LogP) is 2.63. The molecule has 1 N–H and O–H groups in total. The van der Waals surface area contributed by atoms with Crippen LogP contribution in [0, 0.1) is 0 Å². The molecule has 1 amide bonds. The van der Waals surface area contributed by atoms with Gasteiger partial charge in [0.1, 0.15) is 0 Å². The molecule has 0 bridgehead atoms. The van der Waals surface area contributed by atoms with E-state index >= 15 is 0 Å². The maximum absolute atomic E-state index is 12.8. The van der Waals surface area contributed by atoms with Gasteiger partial charge in [-0.05, 0) is 32.3 Å². The van der Waals surface area contributed by atoms with Gasteiger partial charge in [0.15, 0.2) is 0 Å². The summed E-state index contributed by atoms with van der Waals surface area (Å²) in [5.41, 5.74) is 0.744. The van der Waals surface area contributed by atoms with Crippen LogP contribution in [-0.2, 0) is 0 Å². The first kappa shape index (κ1) is 18.9. The summed E-state index contributed by atoms with van der Waals surface area (Å²) in [4.78, 5) is 29.8. The number of rotatable bonds is 6. The Kier molecular flexibility index (Phi) is 5.73. The third kappa shape index (κ3) is 4.45. The van der Waals surface area contributed by atoms with Crippen LogP contribution in [0.2, 0.25) is 0 Å². The average Bonchev–Trinajstić information content (AvgIpc) is 3.18. The van der Waals surface area contributed by atoms with E-state index in [4.69, 9.17) is 9.84 Å². The van der Waals surface area contributed by atoms with Gasteiger partial charge in [0.2, 0.25) is 5.88 Å². The lowest BCUT2D eigenvalue weighted by Gasteiger charge is -2.32. The van der Waals surface area contributed by atoms with Gasteiger partial charge in [0, 0.05) is 37.1 Å². The summed E-state index contributed by atoms with van der Waals surface area (Å²) in [6, 6.07) is 3.49. The summed E-state index contributed by atoms with van der Waals surface area (Å²) in [6.45, 7) is 5.18. The fourth-order valence-electron chi connectivity index (χ4n) is 3.06. The summed E-state index contributed by atoms with van der Waals surface area (Å²) in [7, 11) is 0. The van der Waals surface area contributed by atoms with Gasteiger partial charge in [0.25, 0.3) is 5.91 Å². The largest absolute Gasteiger partial charge is 0.478 e. The number of amides is 1. The molecule has 0 aromatic carbocycles. The van der Waals surface area contributed by atoms with E-state index in [1.165, 1.54) is 6.20 Å². The fraction of sp³-hybridized carbons (Fsp3) is 0.474. The quantitative estimate of drug-likeness (QED) is 0.837. The lowest BCUT2D eigenvalue weighted by Crippen LogP contribution is -2.39. The third-order valence-corrected chi connectivity index (χ3v) is 4.85. The molecule has 1 fully saturated rings. The number of carbonyl (C=O) groups excluding carboxylic acids is 1. The molecule has 0 spiro atoms. The molecule has 2 aromatic rings. The number of nitrogens with zero attached hydrogens (tertiary/aromatic N) is 4. The number of ether oxygens (including phenoxy) is 1. The average molecular weight is 372 g/mol. The van der Waals surface area contributed by atoms with E-state index in [9.17, 15) is 9.59 Å². The first-order valence-electron chi connectivity index (χ1n) is 9.17. The number of carboxylic acids is 1. The van der Waals surface area contributed by atoms with E-state index in [2.05, 4.69) is 10.1 Å². The second-order valence-corrected chi connectivity index (χ2v) is 6.76. The molecule has 144 valence electrons. The SMILES string of the molecule is CCC(C)Oc1cc(C(=O)N2CCC(n3cc(C(=O)O)cn3)CC2)ccn1. The smallest absolute Gasteiger partial charge is 0.338 e. The molecule has 0 aliphatic carbocycles. The van der Waals surface area contributed by atoms with E-state index in [1.54, 1.807) is 34.1 Å². The number of likely N-dealkylation sites (tertiary alicyclic amines) is 1. The van der Waals surface area contributed by atoms with Crippen LogP contribution in [0.5, 0.6) is 5.88 Å². The maximum atomic E-state index is 12.8. The number of aromatic nitrogens is 3. The Morgan fingerprint density at radius 2 is 2.07 bits per heavy atom. The number of pyridine rings is 1. The first-order valence-corrected chi connectivity index (χ1v) is 9.17. The summed E-state index contributed by atoms with van der Waals surface area (Å²) in [5.74, 6) is -0.568. The molecule has 8 heteroatoms. The second kappa shape index (κ2) is 8.20. The van der Waals surface area contributed by atoms with Crippen LogP contribution in [0.1, 0.15) is 59.9 Å². The number of carbonyl (C=O) groups is 2. The zero-order valence-electron chi connectivity index (χ0n) is 15.5. The zero-order valence-corrected chi connectivity index (χ0v) is 15.5.